The molecule has 1 unspecified atom stereocenters. The topological polar surface area (TPSA) is 29.1 Å². The van der Waals surface area contributed by atoms with Gasteiger partial charge in [0.1, 0.15) is 0 Å². The van der Waals surface area contributed by atoms with Gasteiger partial charge < -0.3 is 5.32 Å². The van der Waals surface area contributed by atoms with Crippen molar-refractivity contribution in [2.45, 2.75) is 33.1 Å². The minimum absolute atomic E-state index is 0.111. The highest BCUT2D eigenvalue weighted by atomic mass is 16.1. The summed E-state index contributed by atoms with van der Waals surface area (Å²) in [6.45, 7) is 6.41. The molecule has 1 aromatic rings. The zero-order valence-corrected chi connectivity index (χ0v) is 10.6. The van der Waals surface area contributed by atoms with Crippen LogP contribution >= 0.6 is 0 Å². The van der Waals surface area contributed by atoms with E-state index in [1.165, 1.54) is 11.1 Å². The largest absolute Gasteiger partial charge is 0.359 e. The lowest BCUT2D eigenvalue weighted by atomic mass is 9.85. The van der Waals surface area contributed by atoms with Gasteiger partial charge >= 0.3 is 0 Å². The van der Waals surface area contributed by atoms with E-state index < -0.39 is 0 Å². The molecule has 2 nitrogen and oxygen atoms in total. The Labute approximate surface area is 98.1 Å². The second-order valence-electron chi connectivity index (χ2n) is 4.64. The minimum Gasteiger partial charge on any atom is -0.359 e. The molecule has 0 aromatic heterocycles. The molecule has 0 spiro atoms. The molecule has 1 amide bonds. The van der Waals surface area contributed by atoms with Gasteiger partial charge in [0.15, 0.2) is 0 Å². The van der Waals surface area contributed by atoms with E-state index in [2.05, 4.69) is 50.4 Å². The number of nitrogens with one attached hydrogen (secondary N) is 1. The number of hydrogen-bond donors (Lipinski definition) is 1. The van der Waals surface area contributed by atoms with Crippen LogP contribution in [0.1, 0.15) is 37.3 Å². The highest BCUT2D eigenvalue weighted by Crippen LogP contribution is 2.28. The number of carbonyl (C=O) groups excluding carboxylic acids is 1. The second-order valence-corrected chi connectivity index (χ2v) is 4.64. The third-order valence-electron chi connectivity index (χ3n) is 2.96. The average molecular weight is 219 g/mol. The number of amides is 1. The summed E-state index contributed by atoms with van der Waals surface area (Å²) in [7, 11) is 1.69. The maximum Gasteiger partial charge on any atom is 0.220 e. The van der Waals surface area contributed by atoms with E-state index >= 15 is 0 Å². The summed E-state index contributed by atoms with van der Waals surface area (Å²) < 4.78 is 0. The van der Waals surface area contributed by atoms with Crippen LogP contribution < -0.4 is 5.32 Å². The van der Waals surface area contributed by atoms with Crippen LogP contribution in [0.3, 0.4) is 0 Å². The molecule has 2 heteroatoms. The lowest BCUT2D eigenvalue weighted by Crippen LogP contribution is -2.22. The molecule has 0 saturated carbocycles. The van der Waals surface area contributed by atoms with Gasteiger partial charge in [-0.2, -0.15) is 0 Å². The normalized spacial score (nSPS) is 12.6. The Morgan fingerprint density at radius 3 is 2.56 bits per heavy atom. The maximum atomic E-state index is 11.5. The number of carbonyl (C=O) groups is 1. The van der Waals surface area contributed by atoms with Crippen molar-refractivity contribution in [1.82, 2.24) is 5.32 Å². The van der Waals surface area contributed by atoms with Crippen molar-refractivity contribution in [1.29, 1.82) is 0 Å². The summed E-state index contributed by atoms with van der Waals surface area (Å²) in [5.74, 6) is 0.888. The predicted molar refractivity (Wildman–Crippen MR) is 67.4 cm³/mol. The van der Waals surface area contributed by atoms with Gasteiger partial charge in [0.05, 0.1) is 0 Å². The molecule has 1 rings (SSSR count). The molecule has 0 aliphatic rings. The smallest absolute Gasteiger partial charge is 0.220 e. The molecule has 1 N–H and O–H groups in total. The number of hydrogen-bond acceptors (Lipinski definition) is 1. The van der Waals surface area contributed by atoms with E-state index in [-0.39, 0.29) is 5.91 Å². The van der Waals surface area contributed by atoms with E-state index in [4.69, 9.17) is 0 Å². The second kappa shape index (κ2) is 5.69. The van der Waals surface area contributed by atoms with Crippen LogP contribution in [0.15, 0.2) is 24.3 Å². The number of benzene rings is 1. The minimum atomic E-state index is 0.111. The van der Waals surface area contributed by atoms with E-state index in [0.717, 1.165) is 0 Å². The molecular formula is C14H21NO. The summed E-state index contributed by atoms with van der Waals surface area (Å²) in [6, 6.07) is 8.43. The van der Waals surface area contributed by atoms with Gasteiger partial charge in [0.2, 0.25) is 5.91 Å². The van der Waals surface area contributed by atoms with Gasteiger partial charge in [-0.25, -0.2) is 0 Å². The molecule has 0 heterocycles. The third kappa shape index (κ3) is 3.37. The summed E-state index contributed by atoms with van der Waals surface area (Å²) in [5.41, 5.74) is 2.51. The molecule has 16 heavy (non-hydrogen) atoms. The summed E-state index contributed by atoms with van der Waals surface area (Å²) in [6.07, 6.45) is 0.567. The fraction of sp³-hybridized carbons (Fsp3) is 0.500. The van der Waals surface area contributed by atoms with E-state index in [1.54, 1.807) is 7.05 Å². The van der Waals surface area contributed by atoms with Crippen molar-refractivity contribution >= 4 is 5.91 Å². The van der Waals surface area contributed by atoms with Gasteiger partial charge in [0, 0.05) is 13.5 Å². The Morgan fingerprint density at radius 1 is 1.38 bits per heavy atom. The van der Waals surface area contributed by atoms with Crippen molar-refractivity contribution in [3.8, 4) is 0 Å². The van der Waals surface area contributed by atoms with Crippen molar-refractivity contribution in [2.75, 3.05) is 7.05 Å². The third-order valence-corrected chi connectivity index (χ3v) is 2.96. The molecule has 1 aromatic carbocycles. The van der Waals surface area contributed by atoms with Crippen LogP contribution in [0, 0.1) is 12.8 Å². The van der Waals surface area contributed by atoms with E-state index in [1.807, 2.05) is 0 Å². The molecule has 1 atom stereocenters. The molecule has 0 fully saturated rings. The molecule has 0 saturated heterocycles. The lowest BCUT2D eigenvalue weighted by Gasteiger charge is -2.21. The first-order chi connectivity index (χ1) is 7.54. The number of rotatable bonds is 4. The van der Waals surface area contributed by atoms with Gasteiger partial charge in [-0.15, -0.1) is 0 Å². The Hall–Kier alpha value is -1.31. The molecule has 88 valence electrons. The van der Waals surface area contributed by atoms with Crippen LogP contribution in [0.25, 0.3) is 0 Å². The molecule has 0 bridgehead atoms. The van der Waals surface area contributed by atoms with Gasteiger partial charge in [-0.1, -0.05) is 43.7 Å². The Morgan fingerprint density at radius 2 is 2.06 bits per heavy atom. The zero-order valence-electron chi connectivity index (χ0n) is 10.6. The Kier molecular flexibility index (Phi) is 4.53. The fourth-order valence-corrected chi connectivity index (χ4v) is 1.94. The van der Waals surface area contributed by atoms with Crippen LogP contribution in [-0.4, -0.2) is 13.0 Å². The van der Waals surface area contributed by atoms with Crippen molar-refractivity contribution < 1.29 is 4.79 Å². The first-order valence-corrected chi connectivity index (χ1v) is 5.81. The van der Waals surface area contributed by atoms with Crippen LogP contribution in [-0.2, 0) is 4.79 Å². The van der Waals surface area contributed by atoms with Crippen molar-refractivity contribution in [2.24, 2.45) is 5.92 Å². The van der Waals surface area contributed by atoms with Crippen molar-refractivity contribution in [3.63, 3.8) is 0 Å². The Bertz CT molecular complexity index is 358. The van der Waals surface area contributed by atoms with E-state index in [9.17, 15) is 4.79 Å². The van der Waals surface area contributed by atoms with Crippen molar-refractivity contribution in [3.05, 3.63) is 35.4 Å². The van der Waals surface area contributed by atoms with Gasteiger partial charge in [-0.05, 0) is 24.3 Å². The Balaban J connectivity index is 2.89. The average Bonchev–Trinajstić information content (AvgIpc) is 2.25. The van der Waals surface area contributed by atoms with E-state index in [0.29, 0.717) is 18.3 Å². The van der Waals surface area contributed by atoms with Crippen LogP contribution in [0.4, 0.5) is 0 Å². The quantitative estimate of drug-likeness (QED) is 0.829. The zero-order chi connectivity index (χ0) is 12.1. The van der Waals surface area contributed by atoms with Crippen LogP contribution in [0.2, 0.25) is 0 Å². The summed E-state index contributed by atoms with van der Waals surface area (Å²) in [4.78, 5) is 11.5. The molecule has 0 aliphatic carbocycles. The fourth-order valence-electron chi connectivity index (χ4n) is 1.94. The standard InChI is InChI=1S/C14H21NO/c1-10(2)13(9-14(16)15-4)12-7-5-6-11(3)8-12/h5-8,10,13H,9H2,1-4H3,(H,15,16). The maximum absolute atomic E-state index is 11.5. The van der Waals surface area contributed by atoms with Gasteiger partial charge in [-0.3, -0.25) is 4.79 Å². The highest BCUT2D eigenvalue weighted by Gasteiger charge is 2.18. The molecule has 0 radical (unpaired) electrons. The lowest BCUT2D eigenvalue weighted by molar-refractivity contribution is -0.121. The number of aryl methyl sites for hydroxylation is 1. The van der Waals surface area contributed by atoms with Crippen LogP contribution in [0.5, 0.6) is 0 Å². The molecular weight excluding hydrogens is 198 g/mol. The van der Waals surface area contributed by atoms with Gasteiger partial charge in [0.25, 0.3) is 0 Å². The summed E-state index contributed by atoms with van der Waals surface area (Å²) >= 11 is 0. The molecule has 0 aliphatic heterocycles. The monoisotopic (exact) mass is 219 g/mol. The SMILES string of the molecule is CNC(=O)CC(c1cccc(C)c1)C(C)C. The summed E-state index contributed by atoms with van der Waals surface area (Å²) in [5, 5.41) is 2.70. The predicted octanol–water partition coefficient (Wildman–Crippen LogP) is 2.87. The first-order valence-electron chi connectivity index (χ1n) is 5.81. The highest BCUT2D eigenvalue weighted by molar-refractivity contribution is 5.76. The first kappa shape index (κ1) is 12.8.